The van der Waals surface area contributed by atoms with E-state index in [1.54, 1.807) is 0 Å². The monoisotopic (exact) mass is 271 g/mol. The second kappa shape index (κ2) is 7.04. The Balaban J connectivity index is 2.28. The topological polar surface area (TPSA) is 58.4 Å². The lowest BCUT2D eigenvalue weighted by Crippen LogP contribution is -2.46. The van der Waals surface area contributed by atoms with E-state index in [1.807, 2.05) is 6.92 Å². The van der Waals surface area contributed by atoms with E-state index < -0.39 is 0 Å². The zero-order chi connectivity index (χ0) is 13.7. The number of rotatable bonds is 5. The number of carbonyl (C=O) groups excluding carboxylic acids is 1. The average molecular weight is 271 g/mol. The van der Waals surface area contributed by atoms with Gasteiger partial charge in [0.2, 0.25) is 5.91 Å². The molecule has 1 heterocycles. The van der Waals surface area contributed by atoms with Crippen LogP contribution in [0.5, 0.6) is 0 Å². The van der Waals surface area contributed by atoms with Gasteiger partial charge in [-0.15, -0.1) is 0 Å². The van der Waals surface area contributed by atoms with E-state index in [0.717, 1.165) is 25.9 Å². The number of thiocarbonyl (C=S) groups is 1. The molecule has 0 saturated carbocycles. The third-order valence-corrected chi connectivity index (χ3v) is 4.08. The maximum atomic E-state index is 11.8. The number of amides is 1. The molecular weight excluding hydrogens is 246 g/mol. The first-order chi connectivity index (χ1) is 8.40. The van der Waals surface area contributed by atoms with Crippen molar-refractivity contribution in [2.75, 3.05) is 19.6 Å². The third kappa shape index (κ3) is 4.90. The number of piperidine rings is 1. The van der Waals surface area contributed by atoms with Crippen LogP contribution in [0.3, 0.4) is 0 Å². The zero-order valence-electron chi connectivity index (χ0n) is 11.6. The summed E-state index contributed by atoms with van der Waals surface area (Å²) in [6.07, 6.45) is 1.95. The molecule has 0 radical (unpaired) electrons. The Morgan fingerprint density at radius 3 is 2.39 bits per heavy atom. The summed E-state index contributed by atoms with van der Waals surface area (Å²) in [7, 11) is 0. The normalized spacial score (nSPS) is 19.8. The number of nitrogens with two attached hydrogens (primary N) is 1. The van der Waals surface area contributed by atoms with Gasteiger partial charge in [0.1, 0.15) is 0 Å². The summed E-state index contributed by atoms with van der Waals surface area (Å²) in [5.41, 5.74) is 5.65. The van der Waals surface area contributed by atoms with Gasteiger partial charge in [-0.1, -0.05) is 26.1 Å². The fraction of sp³-hybridized carbons (Fsp3) is 0.846. The van der Waals surface area contributed by atoms with Crippen LogP contribution >= 0.6 is 12.2 Å². The Bertz CT molecular complexity index is 299. The molecule has 0 aromatic heterocycles. The lowest BCUT2D eigenvalue weighted by Gasteiger charge is -2.31. The number of nitrogens with zero attached hydrogens (tertiary/aromatic N) is 1. The standard InChI is InChI=1S/C13H25N3OS/c1-9(2)10(3)15-12(17)8-16-6-4-11(5-7-16)13(14)18/h9-11H,4-8H2,1-3H3,(H2,14,18)(H,15,17). The molecule has 1 unspecified atom stereocenters. The molecule has 0 bridgehead atoms. The molecule has 0 aliphatic carbocycles. The van der Waals surface area contributed by atoms with Crippen LogP contribution in [-0.4, -0.2) is 41.5 Å². The molecule has 1 aliphatic rings. The smallest absolute Gasteiger partial charge is 0.234 e. The number of hydrogen-bond donors (Lipinski definition) is 2. The molecule has 1 aliphatic heterocycles. The van der Waals surface area contributed by atoms with Gasteiger partial charge in [0.15, 0.2) is 0 Å². The Morgan fingerprint density at radius 1 is 1.39 bits per heavy atom. The first kappa shape index (κ1) is 15.4. The molecule has 4 nitrogen and oxygen atoms in total. The Morgan fingerprint density at radius 2 is 1.94 bits per heavy atom. The highest BCUT2D eigenvalue weighted by molar-refractivity contribution is 7.80. The van der Waals surface area contributed by atoms with E-state index in [-0.39, 0.29) is 11.9 Å². The van der Waals surface area contributed by atoms with Gasteiger partial charge in [0.25, 0.3) is 0 Å². The minimum absolute atomic E-state index is 0.116. The van der Waals surface area contributed by atoms with Crippen LogP contribution in [0.15, 0.2) is 0 Å². The SMILES string of the molecule is CC(C)C(C)NC(=O)CN1CCC(C(N)=S)CC1. The van der Waals surface area contributed by atoms with E-state index in [0.29, 0.717) is 23.4 Å². The summed E-state index contributed by atoms with van der Waals surface area (Å²) < 4.78 is 0. The van der Waals surface area contributed by atoms with E-state index in [4.69, 9.17) is 18.0 Å². The van der Waals surface area contributed by atoms with Crippen LogP contribution in [0.1, 0.15) is 33.6 Å². The van der Waals surface area contributed by atoms with Gasteiger partial charge in [-0.05, 0) is 38.8 Å². The van der Waals surface area contributed by atoms with E-state index >= 15 is 0 Å². The fourth-order valence-electron chi connectivity index (χ4n) is 2.04. The van der Waals surface area contributed by atoms with Crippen LogP contribution < -0.4 is 11.1 Å². The Hall–Kier alpha value is -0.680. The van der Waals surface area contributed by atoms with Crippen molar-refractivity contribution in [3.63, 3.8) is 0 Å². The number of hydrogen-bond acceptors (Lipinski definition) is 3. The minimum Gasteiger partial charge on any atom is -0.393 e. The Labute approximate surface area is 115 Å². The third-order valence-electron chi connectivity index (χ3n) is 3.75. The number of nitrogens with one attached hydrogen (secondary N) is 1. The van der Waals surface area contributed by atoms with Gasteiger partial charge >= 0.3 is 0 Å². The van der Waals surface area contributed by atoms with Crippen LogP contribution in [0.4, 0.5) is 0 Å². The van der Waals surface area contributed by atoms with Gasteiger partial charge in [-0.2, -0.15) is 0 Å². The fourth-order valence-corrected chi connectivity index (χ4v) is 2.28. The maximum Gasteiger partial charge on any atom is 0.234 e. The maximum absolute atomic E-state index is 11.8. The summed E-state index contributed by atoms with van der Waals surface area (Å²) in [5.74, 6) is 0.938. The molecule has 1 fully saturated rings. The van der Waals surface area contributed by atoms with Gasteiger partial charge in [-0.3, -0.25) is 9.69 Å². The molecule has 1 rings (SSSR count). The van der Waals surface area contributed by atoms with Crippen molar-refractivity contribution in [1.29, 1.82) is 0 Å². The molecule has 104 valence electrons. The summed E-state index contributed by atoms with van der Waals surface area (Å²) in [4.78, 5) is 14.6. The predicted molar refractivity (Wildman–Crippen MR) is 78.4 cm³/mol. The van der Waals surface area contributed by atoms with Crippen molar-refractivity contribution in [3.05, 3.63) is 0 Å². The lowest BCUT2D eigenvalue weighted by atomic mass is 9.97. The number of likely N-dealkylation sites (tertiary alicyclic amines) is 1. The predicted octanol–water partition coefficient (Wildman–Crippen LogP) is 1.15. The number of carbonyl (C=O) groups is 1. The van der Waals surface area contributed by atoms with E-state index in [2.05, 4.69) is 24.1 Å². The second-order valence-corrected chi connectivity index (χ2v) is 6.02. The molecule has 3 N–H and O–H groups in total. The van der Waals surface area contributed by atoms with E-state index in [9.17, 15) is 4.79 Å². The zero-order valence-corrected chi connectivity index (χ0v) is 12.4. The van der Waals surface area contributed by atoms with Crippen LogP contribution in [0, 0.1) is 11.8 Å². The van der Waals surface area contributed by atoms with Crippen molar-refractivity contribution in [2.45, 2.75) is 39.7 Å². The summed E-state index contributed by atoms with van der Waals surface area (Å²) in [5, 5.41) is 3.03. The van der Waals surface area contributed by atoms with Crippen LogP contribution in [0.25, 0.3) is 0 Å². The molecule has 0 aromatic carbocycles. The van der Waals surface area contributed by atoms with Crippen LogP contribution in [-0.2, 0) is 4.79 Å². The summed E-state index contributed by atoms with van der Waals surface area (Å²) >= 11 is 5.01. The largest absolute Gasteiger partial charge is 0.393 e. The van der Waals surface area contributed by atoms with Gasteiger partial charge < -0.3 is 11.1 Å². The van der Waals surface area contributed by atoms with Crippen molar-refractivity contribution < 1.29 is 4.79 Å². The molecular formula is C13H25N3OS. The first-order valence-corrected chi connectivity index (χ1v) is 7.12. The molecule has 18 heavy (non-hydrogen) atoms. The first-order valence-electron chi connectivity index (χ1n) is 6.71. The molecule has 1 atom stereocenters. The minimum atomic E-state index is 0.116. The highest BCUT2D eigenvalue weighted by Gasteiger charge is 2.22. The highest BCUT2D eigenvalue weighted by Crippen LogP contribution is 2.16. The molecule has 1 amide bonds. The quantitative estimate of drug-likeness (QED) is 0.736. The Kier molecular flexibility index (Phi) is 6.02. The van der Waals surface area contributed by atoms with Crippen molar-refractivity contribution in [1.82, 2.24) is 10.2 Å². The van der Waals surface area contributed by atoms with Gasteiger partial charge in [0.05, 0.1) is 11.5 Å². The summed E-state index contributed by atoms with van der Waals surface area (Å²) in [6, 6.07) is 0.228. The van der Waals surface area contributed by atoms with Crippen molar-refractivity contribution in [3.8, 4) is 0 Å². The lowest BCUT2D eigenvalue weighted by molar-refractivity contribution is -0.123. The molecule has 0 aromatic rings. The molecule has 5 heteroatoms. The molecule has 0 spiro atoms. The van der Waals surface area contributed by atoms with Gasteiger partial charge in [-0.25, -0.2) is 0 Å². The van der Waals surface area contributed by atoms with Crippen molar-refractivity contribution in [2.24, 2.45) is 17.6 Å². The summed E-state index contributed by atoms with van der Waals surface area (Å²) in [6.45, 7) is 8.57. The van der Waals surface area contributed by atoms with Gasteiger partial charge in [0, 0.05) is 12.0 Å². The molecule has 1 saturated heterocycles. The van der Waals surface area contributed by atoms with E-state index in [1.165, 1.54) is 0 Å². The van der Waals surface area contributed by atoms with Crippen LogP contribution in [0.2, 0.25) is 0 Å². The second-order valence-electron chi connectivity index (χ2n) is 5.55. The highest BCUT2D eigenvalue weighted by atomic mass is 32.1. The van der Waals surface area contributed by atoms with Crippen molar-refractivity contribution >= 4 is 23.1 Å². The average Bonchev–Trinajstić information content (AvgIpc) is 2.29.